The van der Waals surface area contributed by atoms with E-state index in [1.54, 1.807) is 26.0 Å². The average molecular weight is 480 g/mol. The largest absolute Gasteiger partial charge is 0.487 e. The zero-order valence-electron chi connectivity index (χ0n) is 16.9. The summed E-state index contributed by atoms with van der Waals surface area (Å²) in [6.45, 7) is 0.919. The molecule has 0 saturated heterocycles. The van der Waals surface area contributed by atoms with Crippen molar-refractivity contribution in [3.63, 3.8) is 0 Å². The molecule has 182 valence electrons. The van der Waals surface area contributed by atoms with Crippen molar-refractivity contribution in [3.05, 3.63) is 24.3 Å². The van der Waals surface area contributed by atoms with Crippen molar-refractivity contribution >= 4 is 11.9 Å². The van der Waals surface area contributed by atoms with Gasteiger partial charge in [-0.25, -0.2) is 8.78 Å². The van der Waals surface area contributed by atoms with E-state index in [0.717, 1.165) is 0 Å². The van der Waals surface area contributed by atoms with Crippen molar-refractivity contribution < 1.29 is 58.9 Å². The summed E-state index contributed by atoms with van der Waals surface area (Å²) in [6.07, 6.45) is -6.76. The van der Waals surface area contributed by atoms with Gasteiger partial charge >= 0.3 is 36.1 Å². The predicted molar refractivity (Wildman–Crippen MR) is 93.5 cm³/mol. The molecular formula is C19H20F8O5. The molecule has 0 saturated carbocycles. The minimum absolute atomic E-state index is 0.0793. The fourth-order valence-corrected chi connectivity index (χ4v) is 2.15. The van der Waals surface area contributed by atoms with Crippen LogP contribution in [0.15, 0.2) is 24.3 Å². The van der Waals surface area contributed by atoms with Crippen molar-refractivity contribution in [2.45, 2.75) is 63.4 Å². The Morgan fingerprint density at radius 3 is 1.97 bits per heavy atom. The van der Waals surface area contributed by atoms with Gasteiger partial charge in [0.2, 0.25) is 0 Å². The molecule has 0 spiro atoms. The third kappa shape index (κ3) is 6.95. The molecule has 0 aromatic heterocycles. The Labute approximate surface area is 177 Å². The summed E-state index contributed by atoms with van der Waals surface area (Å²) >= 11 is 0. The first-order chi connectivity index (χ1) is 14.6. The standard InChI is InChI=1S/C19H20F8O5/c1-11(2)31-12-6-3-4-7-13(12)32-15(29)9-5-8-14(28)30-10-17(22,23)19(26,27)18(24,25)16(20)21/h3-4,6-7,11,16H,5,8-10H2,1-2H3. The number of halogens is 8. The van der Waals surface area contributed by atoms with Gasteiger partial charge in [-0.1, -0.05) is 12.1 Å². The number of rotatable bonds is 12. The predicted octanol–water partition coefficient (Wildman–Crippen LogP) is 5.26. The molecule has 0 fully saturated rings. The zero-order chi connectivity index (χ0) is 24.7. The van der Waals surface area contributed by atoms with Crippen LogP contribution < -0.4 is 9.47 Å². The van der Waals surface area contributed by atoms with Crippen LogP contribution in [0.4, 0.5) is 35.1 Å². The first-order valence-electron chi connectivity index (χ1n) is 9.15. The summed E-state index contributed by atoms with van der Waals surface area (Å²) in [5.74, 6) is -20.6. The van der Waals surface area contributed by atoms with Crippen LogP contribution in [0.5, 0.6) is 11.5 Å². The molecule has 1 rings (SSSR count). The Hall–Kier alpha value is -2.60. The fraction of sp³-hybridized carbons (Fsp3) is 0.579. The number of alkyl halides is 8. The number of hydrogen-bond acceptors (Lipinski definition) is 5. The number of carbonyl (C=O) groups excluding carboxylic acids is 2. The second-order valence-corrected chi connectivity index (χ2v) is 6.80. The van der Waals surface area contributed by atoms with Gasteiger partial charge in [-0.05, 0) is 32.4 Å². The lowest BCUT2D eigenvalue weighted by molar-refractivity contribution is -0.344. The molecule has 0 bridgehead atoms. The Bertz CT molecular complexity index is 783. The van der Waals surface area contributed by atoms with Gasteiger partial charge in [0, 0.05) is 12.8 Å². The Kier molecular flexibility index (Phi) is 9.27. The maximum absolute atomic E-state index is 13.3. The van der Waals surface area contributed by atoms with E-state index in [-0.39, 0.29) is 24.0 Å². The molecule has 0 amide bonds. The van der Waals surface area contributed by atoms with E-state index >= 15 is 0 Å². The number of carbonyl (C=O) groups is 2. The van der Waals surface area contributed by atoms with Crippen molar-refractivity contribution in [3.8, 4) is 11.5 Å². The molecule has 0 radical (unpaired) electrons. The van der Waals surface area contributed by atoms with Crippen LogP contribution in [0, 0.1) is 0 Å². The highest BCUT2D eigenvalue weighted by Crippen LogP contribution is 2.48. The normalized spacial score (nSPS) is 12.8. The maximum Gasteiger partial charge on any atom is 0.381 e. The minimum Gasteiger partial charge on any atom is -0.487 e. The Morgan fingerprint density at radius 2 is 1.44 bits per heavy atom. The summed E-state index contributed by atoms with van der Waals surface area (Å²) in [5, 5.41) is 0. The van der Waals surface area contributed by atoms with E-state index in [9.17, 15) is 44.7 Å². The van der Waals surface area contributed by atoms with E-state index in [4.69, 9.17) is 9.47 Å². The van der Waals surface area contributed by atoms with Crippen molar-refractivity contribution in [2.24, 2.45) is 0 Å². The number of hydrogen-bond donors (Lipinski definition) is 0. The maximum atomic E-state index is 13.3. The number of esters is 2. The smallest absolute Gasteiger partial charge is 0.381 e. The van der Waals surface area contributed by atoms with Gasteiger partial charge in [-0.15, -0.1) is 0 Å². The van der Waals surface area contributed by atoms with E-state index in [0.29, 0.717) is 0 Å². The quantitative estimate of drug-likeness (QED) is 0.232. The molecule has 0 N–H and O–H groups in total. The van der Waals surface area contributed by atoms with Gasteiger partial charge in [-0.2, -0.15) is 26.3 Å². The summed E-state index contributed by atoms with van der Waals surface area (Å²) in [5.41, 5.74) is 0. The van der Waals surface area contributed by atoms with E-state index in [1.807, 2.05) is 0 Å². The molecule has 0 aliphatic carbocycles. The van der Waals surface area contributed by atoms with Crippen LogP contribution in [-0.2, 0) is 14.3 Å². The van der Waals surface area contributed by atoms with Gasteiger partial charge in [0.25, 0.3) is 0 Å². The van der Waals surface area contributed by atoms with E-state index < -0.39 is 55.6 Å². The van der Waals surface area contributed by atoms with Crippen LogP contribution in [0.1, 0.15) is 33.1 Å². The Balaban J connectivity index is 2.53. The first kappa shape index (κ1) is 27.4. The van der Waals surface area contributed by atoms with Gasteiger partial charge in [0.15, 0.2) is 18.1 Å². The molecule has 0 atom stereocenters. The molecule has 0 aliphatic heterocycles. The third-order valence-electron chi connectivity index (χ3n) is 3.76. The third-order valence-corrected chi connectivity index (χ3v) is 3.76. The second kappa shape index (κ2) is 10.8. The highest BCUT2D eigenvalue weighted by Gasteiger charge is 2.75. The summed E-state index contributed by atoms with van der Waals surface area (Å²) in [7, 11) is 0. The van der Waals surface area contributed by atoms with Gasteiger partial charge in [0.05, 0.1) is 6.10 Å². The Morgan fingerprint density at radius 1 is 0.906 bits per heavy atom. The zero-order valence-corrected chi connectivity index (χ0v) is 16.9. The van der Waals surface area contributed by atoms with Gasteiger partial charge in [0.1, 0.15) is 0 Å². The lowest BCUT2D eigenvalue weighted by Crippen LogP contribution is -2.59. The van der Waals surface area contributed by atoms with Gasteiger partial charge < -0.3 is 14.2 Å². The topological polar surface area (TPSA) is 61.8 Å². The van der Waals surface area contributed by atoms with E-state index in [2.05, 4.69) is 4.74 Å². The monoisotopic (exact) mass is 480 g/mol. The van der Waals surface area contributed by atoms with Gasteiger partial charge in [-0.3, -0.25) is 9.59 Å². The number of para-hydroxylation sites is 2. The lowest BCUT2D eigenvalue weighted by atomic mass is 10.1. The lowest BCUT2D eigenvalue weighted by Gasteiger charge is -2.31. The molecule has 0 aliphatic rings. The number of benzene rings is 1. The van der Waals surface area contributed by atoms with Crippen LogP contribution in [0.25, 0.3) is 0 Å². The van der Waals surface area contributed by atoms with E-state index in [1.165, 1.54) is 12.1 Å². The van der Waals surface area contributed by atoms with Crippen molar-refractivity contribution in [2.75, 3.05) is 6.61 Å². The highest BCUT2D eigenvalue weighted by atomic mass is 19.4. The summed E-state index contributed by atoms with van der Waals surface area (Å²) in [4.78, 5) is 23.3. The van der Waals surface area contributed by atoms with Crippen LogP contribution in [0.3, 0.4) is 0 Å². The van der Waals surface area contributed by atoms with Crippen molar-refractivity contribution in [1.82, 2.24) is 0 Å². The highest BCUT2D eigenvalue weighted by molar-refractivity contribution is 5.74. The second-order valence-electron chi connectivity index (χ2n) is 6.80. The van der Waals surface area contributed by atoms with Crippen LogP contribution in [0.2, 0.25) is 0 Å². The summed E-state index contributed by atoms with van der Waals surface area (Å²) in [6, 6.07) is 6.15. The van der Waals surface area contributed by atoms with Crippen LogP contribution >= 0.6 is 0 Å². The number of ether oxygens (including phenoxy) is 3. The fourth-order valence-electron chi connectivity index (χ4n) is 2.15. The van der Waals surface area contributed by atoms with Crippen LogP contribution in [-0.4, -0.2) is 48.8 Å². The minimum atomic E-state index is -6.47. The summed E-state index contributed by atoms with van der Waals surface area (Å²) < 4.78 is 117. The molecule has 1 aromatic rings. The molecular weight excluding hydrogens is 460 g/mol. The molecule has 0 heterocycles. The first-order valence-corrected chi connectivity index (χ1v) is 9.15. The molecule has 13 heteroatoms. The average Bonchev–Trinajstić information content (AvgIpc) is 2.67. The van der Waals surface area contributed by atoms with Crippen molar-refractivity contribution in [1.29, 1.82) is 0 Å². The molecule has 1 aromatic carbocycles. The molecule has 0 unspecified atom stereocenters. The molecule has 32 heavy (non-hydrogen) atoms. The molecule has 5 nitrogen and oxygen atoms in total. The SMILES string of the molecule is CC(C)Oc1ccccc1OC(=O)CCCC(=O)OCC(F)(F)C(F)(F)C(F)(F)C(F)F.